The molecule has 1 amide bonds. The maximum atomic E-state index is 14.7. The van der Waals surface area contributed by atoms with Gasteiger partial charge in [0.05, 0.1) is 10.5 Å². The van der Waals surface area contributed by atoms with Crippen molar-refractivity contribution in [3.05, 3.63) is 59.7 Å². The van der Waals surface area contributed by atoms with E-state index in [-0.39, 0.29) is 16.0 Å². The summed E-state index contributed by atoms with van der Waals surface area (Å²) in [6.45, 7) is 4.91. The zero-order valence-corrected chi connectivity index (χ0v) is 20.1. The monoisotopic (exact) mass is 485 g/mol. The van der Waals surface area contributed by atoms with E-state index in [1.165, 1.54) is 40.7 Å². The van der Waals surface area contributed by atoms with Crippen LogP contribution in [0.1, 0.15) is 49.3 Å². The molecule has 0 spiro atoms. The van der Waals surface area contributed by atoms with Crippen molar-refractivity contribution < 1.29 is 17.6 Å². The molecule has 0 atom stereocenters. The Balaban J connectivity index is 1.60. The third-order valence-corrected chi connectivity index (χ3v) is 8.06. The predicted molar refractivity (Wildman–Crippen MR) is 127 cm³/mol. The Bertz CT molecular complexity index is 1300. The van der Waals surface area contributed by atoms with E-state index in [1.54, 1.807) is 19.9 Å². The Morgan fingerprint density at radius 3 is 2.65 bits per heavy atom. The number of anilines is 1. The van der Waals surface area contributed by atoms with Crippen molar-refractivity contribution in [2.75, 3.05) is 18.4 Å². The van der Waals surface area contributed by atoms with Gasteiger partial charge in [-0.3, -0.25) is 4.79 Å². The SMILES string of the molecule is CCN(CC)S(=O)(=O)c1cccc(C(=O)Nc2ccc(F)c(-c3nnc4n3CCCCC4)c2)c1. The fourth-order valence-corrected chi connectivity index (χ4v) is 5.68. The van der Waals surface area contributed by atoms with Crippen molar-refractivity contribution in [2.24, 2.45) is 0 Å². The van der Waals surface area contributed by atoms with Crippen LogP contribution in [0, 0.1) is 5.82 Å². The lowest BCUT2D eigenvalue weighted by molar-refractivity contribution is 0.102. The number of fused-ring (bicyclic) bond motifs is 1. The molecular weight excluding hydrogens is 457 g/mol. The highest BCUT2D eigenvalue weighted by molar-refractivity contribution is 7.89. The van der Waals surface area contributed by atoms with Crippen LogP contribution in [0.2, 0.25) is 0 Å². The smallest absolute Gasteiger partial charge is 0.255 e. The number of aryl methyl sites for hydroxylation is 1. The molecule has 10 heteroatoms. The number of carbonyl (C=O) groups excluding carboxylic acids is 1. The van der Waals surface area contributed by atoms with E-state index in [0.717, 1.165) is 38.1 Å². The van der Waals surface area contributed by atoms with Crippen molar-refractivity contribution in [2.45, 2.75) is 51.0 Å². The van der Waals surface area contributed by atoms with Crippen LogP contribution in [0.25, 0.3) is 11.4 Å². The van der Waals surface area contributed by atoms with Gasteiger partial charge in [-0.15, -0.1) is 10.2 Å². The van der Waals surface area contributed by atoms with E-state index in [2.05, 4.69) is 15.5 Å². The maximum absolute atomic E-state index is 14.7. The van der Waals surface area contributed by atoms with E-state index >= 15 is 0 Å². The molecule has 1 N–H and O–H groups in total. The zero-order valence-electron chi connectivity index (χ0n) is 19.3. The lowest BCUT2D eigenvalue weighted by Gasteiger charge is -2.18. The van der Waals surface area contributed by atoms with Gasteiger partial charge >= 0.3 is 0 Å². The molecule has 0 bridgehead atoms. The summed E-state index contributed by atoms with van der Waals surface area (Å²) in [6.07, 6.45) is 3.89. The number of hydrogen-bond acceptors (Lipinski definition) is 5. The van der Waals surface area contributed by atoms with Gasteiger partial charge in [0.25, 0.3) is 5.91 Å². The second-order valence-corrected chi connectivity index (χ2v) is 10.1. The molecule has 180 valence electrons. The highest BCUT2D eigenvalue weighted by atomic mass is 32.2. The number of nitrogens with one attached hydrogen (secondary N) is 1. The predicted octanol–water partition coefficient (Wildman–Crippen LogP) is 4.09. The molecule has 34 heavy (non-hydrogen) atoms. The number of halogens is 1. The van der Waals surface area contributed by atoms with E-state index in [4.69, 9.17) is 0 Å². The normalized spacial score (nSPS) is 14.0. The fraction of sp³-hybridized carbons (Fsp3) is 0.375. The van der Waals surface area contributed by atoms with Crippen molar-refractivity contribution in [3.63, 3.8) is 0 Å². The molecule has 0 radical (unpaired) electrons. The number of amides is 1. The molecule has 1 aliphatic rings. The second-order valence-electron chi connectivity index (χ2n) is 8.17. The van der Waals surface area contributed by atoms with Gasteiger partial charge in [0.2, 0.25) is 10.0 Å². The third-order valence-electron chi connectivity index (χ3n) is 6.01. The highest BCUT2D eigenvalue weighted by Gasteiger charge is 2.23. The molecule has 3 aromatic rings. The first-order valence-electron chi connectivity index (χ1n) is 11.5. The van der Waals surface area contributed by atoms with Crippen LogP contribution >= 0.6 is 0 Å². The average molecular weight is 486 g/mol. The number of carbonyl (C=O) groups is 1. The largest absolute Gasteiger partial charge is 0.322 e. The van der Waals surface area contributed by atoms with Crippen LogP contribution in [0.3, 0.4) is 0 Å². The summed E-state index contributed by atoms with van der Waals surface area (Å²) in [5, 5.41) is 11.2. The van der Waals surface area contributed by atoms with E-state index < -0.39 is 21.7 Å². The van der Waals surface area contributed by atoms with Gasteiger partial charge in [0, 0.05) is 37.3 Å². The summed E-state index contributed by atoms with van der Waals surface area (Å²) in [7, 11) is -3.70. The lowest BCUT2D eigenvalue weighted by Crippen LogP contribution is -2.30. The van der Waals surface area contributed by atoms with Gasteiger partial charge in [0.1, 0.15) is 11.6 Å². The molecular formula is C24H28FN5O3S. The molecule has 0 unspecified atom stereocenters. The van der Waals surface area contributed by atoms with Gasteiger partial charge in [-0.25, -0.2) is 12.8 Å². The summed E-state index contributed by atoms with van der Waals surface area (Å²) in [4.78, 5) is 13.0. The number of hydrogen-bond donors (Lipinski definition) is 1. The topological polar surface area (TPSA) is 97.2 Å². The highest BCUT2D eigenvalue weighted by Crippen LogP contribution is 2.28. The Morgan fingerprint density at radius 1 is 1.09 bits per heavy atom. The van der Waals surface area contributed by atoms with E-state index in [0.29, 0.717) is 24.6 Å². The maximum Gasteiger partial charge on any atom is 0.255 e. The summed E-state index contributed by atoms with van der Waals surface area (Å²) in [5.74, 6) is 0.337. The zero-order chi connectivity index (χ0) is 24.3. The number of aromatic nitrogens is 3. The number of sulfonamides is 1. The van der Waals surface area contributed by atoms with Crippen molar-refractivity contribution in [1.82, 2.24) is 19.1 Å². The first-order chi connectivity index (χ1) is 16.3. The van der Waals surface area contributed by atoms with Crippen LogP contribution in [-0.4, -0.2) is 46.5 Å². The molecule has 1 aromatic heterocycles. The van der Waals surface area contributed by atoms with Crippen molar-refractivity contribution in [1.29, 1.82) is 0 Å². The molecule has 0 aliphatic carbocycles. The van der Waals surface area contributed by atoms with Crippen LogP contribution < -0.4 is 5.32 Å². The van der Waals surface area contributed by atoms with Crippen LogP contribution in [0.4, 0.5) is 10.1 Å². The second kappa shape index (κ2) is 10.0. The van der Waals surface area contributed by atoms with Gasteiger partial charge in [0.15, 0.2) is 5.82 Å². The average Bonchev–Trinajstić information content (AvgIpc) is 3.08. The van der Waals surface area contributed by atoms with Gasteiger partial charge < -0.3 is 9.88 Å². The first-order valence-corrected chi connectivity index (χ1v) is 12.9. The standard InChI is InChI=1S/C24H28FN5O3S/c1-3-29(4-2)34(32,33)19-10-8-9-17(15-19)24(31)26-18-12-13-21(25)20(16-18)23-28-27-22-11-6-5-7-14-30(22)23/h8-10,12-13,15-16H,3-7,11,14H2,1-2H3,(H,26,31). The van der Waals surface area contributed by atoms with Gasteiger partial charge in [-0.05, 0) is 49.2 Å². The van der Waals surface area contributed by atoms with Crippen LogP contribution in [-0.2, 0) is 23.0 Å². The summed E-state index contributed by atoms with van der Waals surface area (Å²) in [6, 6.07) is 10.2. The molecule has 4 rings (SSSR count). The number of rotatable bonds is 7. The molecule has 0 saturated carbocycles. The Morgan fingerprint density at radius 2 is 1.88 bits per heavy atom. The minimum atomic E-state index is -3.70. The summed E-state index contributed by atoms with van der Waals surface area (Å²) in [5.41, 5.74) is 0.830. The van der Waals surface area contributed by atoms with E-state index in [9.17, 15) is 17.6 Å². The van der Waals surface area contributed by atoms with Gasteiger partial charge in [-0.2, -0.15) is 4.31 Å². The van der Waals surface area contributed by atoms with Crippen LogP contribution in [0.15, 0.2) is 47.4 Å². The molecule has 0 saturated heterocycles. The third kappa shape index (κ3) is 4.74. The summed E-state index contributed by atoms with van der Waals surface area (Å²) >= 11 is 0. The molecule has 2 heterocycles. The number of nitrogens with zero attached hydrogens (tertiary/aromatic N) is 4. The number of benzene rings is 2. The minimum Gasteiger partial charge on any atom is -0.322 e. The van der Waals surface area contributed by atoms with E-state index in [1.807, 2.05) is 4.57 Å². The Hall–Kier alpha value is -3.11. The Labute approximate surface area is 198 Å². The quantitative estimate of drug-likeness (QED) is 0.544. The van der Waals surface area contributed by atoms with Crippen molar-refractivity contribution in [3.8, 4) is 11.4 Å². The Kier molecular flexibility index (Phi) is 7.08. The first kappa shape index (κ1) is 24.0. The molecule has 2 aromatic carbocycles. The fourth-order valence-electron chi connectivity index (χ4n) is 4.17. The van der Waals surface area contributed by atoms with Crippen LogP contribution in [0.5, 0.6) is 0 Å². The lowest BCUT2D eigenvalue weighted by atomic mass is 10.1. The minimum absolute atomic E-state index is 0.0507. The molecule has 8 nitrogen and oxygen atoms in total. The molecule has 1 aliphatic heterocycles. The van der Waals surface area contributed by atoms with Crippen molar-refractivity contribution >= 4 is 21.6 Å². The summed E-state index contributed by atoms with van der Waals surface area (Å²) < 4.78 is 43.6. The molecule has 0 fully saturated rings. The van der Waals surface area contributed by atoms with Gasteiger partial charge in [-0.1, -0.05) is 26.3 Å².